The van der Waals surface area contributed by atoms with E-state index in [4.69, 9.17) is 4.74 Å². The number of aryl methyl sites for hydroxylation is 3. The summed E-state index contributed by atoms with van der Waals surface area (Å²) in [6.45, 7) is 7.27. The summed E-state index contributed by atoms with van der Waals surface area (Å²) in [5.74, 6) is 0. The number of nitrogens with zero attached hydrogens (tertiary/aromatic N) is 1. The number of amides is 1. The summed E-state index contributed by atoms with van der Waals surface area (Å²) in [4.78, 5) is 12.9. The van der Waals surface area contributed by atoms with Gasteiger partial charge in [0.05, 0.1) is 19.2 Å². The highest BCUT2D eigenvalue weighted by Crippen LogP contribution is 2.25. The van der Waals surface area contributed by atoms with E-state index in [0.717, 1.165) is 16.7 Å². The summed E-state index contributed by atoms with van der Waals surface area (Å²) in [7, 11) is 0. The summed E-state index contributed by atoms with van der Waals surface area (Å²) in [6.07, 6.45) is -0.993. The van der Waals surface area contributed by atoms with Crippen LogP contribution in [0.4, 0.5) is 4.79 Å². The Morgan fingerprint density at radius 2 is 1.94 bits per heavy atom. The van der Waals surface area contributed by atoms with Crippen molar-refractivity contribution < 1.29 is 14.6 Å². The van der Waals surface area contributed by atoms with E-state index in [0.29, 0.717) is 19.7 Å². The van der Waals surface area contributed by atoms with Gasteiger partial charge in [0.1, 0.15) is 6.61 Å². The maximum atomic E-state index is 11.4. The van der Waals surface area contributed by atoms with Gasteiger partial charge < -0.3 is 14.7 Å². The molecule has 1 aliphatic heterocycles. The molecule has 0 aliphatic carbocycles. The lowest BCUT2D eigenvalue weighted by Gasteiger charge is -2.21. The van der Waals surface area contributed by atoms with Gasteiger partial charge >= 0.3 is 6.09 Å². The number of β-amino-alcohol motifs (C(OH)–C–C–N with tert-alkyl or cyclic N) is 1. The number of ether oxygens (including phenoxy) is 1. The van der Waals surface area contributed by atoms with Gasteiger partial charge in [-0.2, -0.15) is 0 Å². The van der Waals surface area contributed by atoms with Crippen molar-refractivity contribution in [2.75, 3.05) is 19.7 Å². The van der Waals surface area contributed by atoms with Gasteiger partial charge in [0.15, 0.2) is 0 Å². The van der Waals surface area contributed by atoms with Crippen LogP contribution in [0.1, 0.15) is 28.4 Å². The first-order valence-corrected chi connectivity index (χ1v) is 6.16. The van der Waals surface area contributed by atoms with Crippen LogP contribution in [0.25, 0.3) is 0 Å². The zero-order chi connectivity index (χ0) is 13.3. The average Bonchev–Trinajstić information content (AvgIpc) is 2.62. The summed E-state index contributed by atoms with van der Waals surface area (Å²) in [6, 6.07) is 4.10. The largest absolute Gasteiger partial charge is 0.448 e. The molecule has 1 unspecified atom stereocenters. The minimum atomic E-state index is -0.656. The highest BCUT2D eigenvalue weighted by molar-refractivity contribution is 5.69. The van der Waals surface area contributed by atoms with E-state index in [-0.39, 0.29) is 6.09 Å². The molecule has 98 valence electrons. The van der Waals surface area contributed by atoms with Crippen molar-refractivity contribution in [2.45, 2.75) is 26.9 Å². The predicted octanol–water partition coefficient (Wildman–Crippen LogP) is 2.10. The molecule has 0 saturated carbocycles. The predicted molar refractivity (Wildman–Crippen MR) is 68.5 cm³/mol. The second-order valence-corrected chi connectivity index (χ2v) is 4.89. The molecule has 4 heteroatoms. The molecule has 1 amide bonds. The van der Waals surface area contributed by atoms with Crippen molar-refractivity contribution in [3.63, 3.8) is 0 Å². The first kappa shape index (κ1) is 12.9. The Bertz CT molecular complexity index is 447. The molecule has 1 fully saturated rings. The first-order valence-electron chi connectivity index (χ1n) is 6.16. The minimum Gasteiger partial charge on any atom is -0.448 e. The van der Waals surface area contributed by atoms with E-state index in [1.54, 1.807) is 4.90 Å². The lowest BCUT2D eigenvalue weighted by atomic mass is 9.95. The van der Waals surface area contributed by atoms with E-state index < -0.39 is 6.10 Å². The van der Waals surface area contributed by atoms with E-state index in [9.17, 15) is 9.90 Å². The number of cyclic esters (lactones) is 1. The van der Waals surface area contributed by atoms with Gasteiger partial charge in [-0.05, 0) is 37.5 Å². The van der Waals surface area contributed by atoms with Gasteiger partial charge in [-0.3, -0.25) is 0 Å². The molecule has 1 aromatic carbocycles. The number of carbonyl (C=O) groups is 1. The SMILES string of the molecule is Cc1cc(C)c(C(O)CN2CCOC2=O)c(C)c1. The topological polar surface area (TPSA) is 49.8 Å². The van der Waals surface area contributed by atoms with Gasteiger partial charge in [0.2, 0.25) is 0 Å². The monoisotopic (exact) mass is 249 g/mol. The normalized spacial score (nSPS) is 16.9. The molecule has 0 aromatic heterocycles. The molecule has 0 radical (unpaired) electrons. The maximum absolute atomic E-state index is 11.4. The van der Waals surface area contributed by atoms with Crippen LogP contribution in [0.2, 0.25) is 0 Å². The molecule has 1 aliphatic rings. The molecule has 0 spiro atoms. The second-order valence-electron chi connectivity index (χ2n) is 4.89. The number of aliphatic hydroxyl groups excluding tert-OH is 1. The van der Waals surface area contributed by atoms with Crippen LogP contribution >= 0.6 is 0 Å². The zero-order valence-corrected chi connectivity index (χ0v) is 11.1. The summed E-state index contributed by atoms with van der Waals surface area (Å²) < 4.78 is 4.86. The Hall–Kier alpha value is -1.55. The van der Waals surface area contributed by atoms with Crippen molar-refractivity contribution in [3.05, 3.63) is 34.4 Å². The Kier molecular flexibility index (Phi) is 3.57. The molecule has 2 rings (SSSR count). The number of benzene rings is 1. The van der Waals surface area contributed by atoms with Crippen molar-refractivity contribution in [1.29, 1.82) is 0 Å². The summed E-state index contributed by atoms with van der Waals surface area (Å²) in [5.41, 5.74) is 4.22. The van der Waals surface area contributed by atoms with Crippen LogP contribution in [0.5, 0.6) is 0 Å². The fourth-order valence-corrected chi connectivity index (χ4v) is 2.61. The van der Waals surface area contributed by atoms with Crippen LogP contribution < -0.4 is 0 Å². The van der Waals surface area contributed by atoms with Gasteiger partial charge in [-0.25, -0.2) is 4.79 Å². The lowest BCUT2D eigenvalue weighted by molar-refractivity contribution is 0.118. The van der Waals surface area contributed by atoms with Crippen molar-refractivity contribution in [2.24, 2.45) is 0 Å². The molecule has 1 atom stereocenters. The van der Waals surface area contributed by atoms with Crippen molar-refractivity contribution >= 4 is 6.09 Å². The van der Waals surface area contributed by atoms with Crippen molar-refractivity contribution in [3.8, 4) is 0 Å². The molecule has 0 bridgehead atoms. The average molecular weight is 249 g/mol. The first-order chi connectivity index (χ1) is 8.49. The van der Waals surface area contributed by atoms with E-state index in [2.05, 4.69) is 0 Å². The molecule has 18 heavy (non-hydrogen) atoms. The number of hydrogen-bond donors (Lipinski definition) is 1. The number of carbonyl (C=O) groups excluding carboxylic acids is 1. The Morgan fingerprint density at radius 1 is 1.33 bits per heavy atom. The quantitative estimate of drug-likeness (QED) is 0.892. The van der Waals surface area contributed by atoms with Crippen LogP contribution in [-0.2, 0) is 4.74 Å². The molecule has 1 aromatic rings. The lowest BCUT2D eigenvalue weighted by Crippen LogP contribution is -2.29. The van der Waals surface area contributed by atoms with Gasteiger partial charge in [0.25, 0.3) is 0 Å². The number of aliphatic hydroxyl groups is 1. The smallest absolute Gasteiger partial charge is 0.410 e. The number of rotatable bonds is 3. The molecule has 1 heterocycles. The third kappa shape index (κ3) is 2.48. The minimum absolute atomic E-state index is 0.295. The summed E-state index contributed by atoms with van der Waals surface area (Å²) in [5, 5.41) is 10.3. The molecule has 1 N–H and O–H groups in total. The zero-order valence-electron chi connectivity index (χ0n) is 11.1. The molecular weight excluding hydrogens is 230 g/mol. The third-order valence-corrected chi connectivity index (χ3v) is 3.31. The van der Waals surface area contributed by atoms with Gasteiger partial charge in [-0.15, -0.1) is 0 Å². The number of hydrogen-bond acceptors (Lipinski definition) is 3. The van der Waals surface area contributed by atoms with E-state index in [1.807, 2.05) is 32.9 Å². The van der Waals surface area contributed by atoms with E-state index in [1.165, 1.54) is 5.56 Å². The van der Waals surface area contributed by atoms with Gasteiger partial charge in [0, 0.05) is 0 Å². The van der Waals surface area contributed by atoms with E-state index >= 15 is 0 Å². The van der Waals surface area contributed by atoms with Crippen LogP contribution in [-0.4, -0.2) is 35.8 Å². The highest BCUT2D eigenvalue weighted by Gasteiger charge is 2.26. The highest BCUT2D eigenvalue weighted by atomic mass is 16.6. The standard InChI is InChI=1S/C14H19NO3/c1-9-6-10(2)13(11(3)7-9)12(16)8-15-4-5-18-14(15)17/h6-7,12,16H,4-5,8H2,1-3H3. The summed E-state index contributed by atoms with van der Waals surface area (Å²) >= 11 is 0. The second kappa shape index (κ2) is 4.98. The van der Waals surface area contributed by atoms with Crippen LogP contribution in [0.15, 0.2) is 12.1 Å². The Morgan fingerprint density at radius 3 is 2.44 bits per heavy atom. The van der Waals surface area contributed by atoms with Crippen LogP contribution in [0, 0.1) is 20.8 Å². The fraction of sp³-hybridized carbons (Fsp3) is 0.500. The fourth-order valence-electron chi connectivity index (χ4n) is 2.61. The molecule has 1 saturated heterocycles. The third-order valence-electron chi connectivity index (χ3n) is 3.31. The maximum Gasteiger partial charge on any atom is 0.410 e. The van der Waals surface area contributed by atoms with Crippen LogP contribution in [0.3, 0.4) is 0 Å². The molecule has 4 nitrogen and oxygen atoms in total. The Balaban J connectivity index is 2.18. The molecular formula is C14H19NO3. The van der Waals surface area contributed by atoms with Crippen molar-refractivity contribution in [1.82, 2.24) is 4.90 Å². The Labute approximate surface area is 107 Å². The van der Waals surface area contributed by atoms with Gasteiger partial charge in [-0.1, -0.05) is 17.7 Å².